The smallest absolute Gasteiger partial charge is 0.305 e. The molecule has 0 radical (unpaired) electrons. The predicted octanol–water partition coefficient (Wildman–Crippen LogP) is 2.65. The maximum absolute atomic E-state index is 11.8. The largest absolute Gasteiger partial charge is 0.401 e. The number of rotatable bonds is 3. The van der Waals surface area contributed by atoms with E-state index in [9.17, 15) is 13.2 Å². The third-order valence-electron chi connectivity index (χ3n) is 1.78. The normalized spacial score (nSPS) is 11.7. The molecule has 14 heavy (non-hydrogen) atoms. The van der Waals surface area contributed by atoms with Gasteiger partial charge in [0.05, 0.1) is 6.54 Å². The zero-order chi connectivity index (χ0) is 10.6. The van der Waals surface area contributed by atoms with Crippen molar-refractivity contribution in [2.24, 2.45) is 0 Å². The summed E-state index contributed by atoms with van der Waals surface area (Å²) in [5, 5.41) is 2.34. The molecule has 0 aliphatic rings. The Kier molecular flexibility index (Phi) is 3.52. The molecule has 0 unspecified atom stereocenters. The Bertz CT molecular complexity index is 276. The van der Waals surface area contributed by atoms with Gasteiger partial charge in [-0.25, -0.2) is 0 Å². The summed E-state index contributed by atoms with van der Waals surface area (Å²) in [4.78, 5) is 0. The van der Waals surface area contributed by atoms with E-state index < -0.39 is 12.7 Å². The maximum Gasteiger partial charge on any atom is 0.401 e. The highest BCUT2D eigenvalue weighted by molar-refractivity contribution is 5.20. The van der Waals surface area contributed by atoms with Crippen LogP contribution in [0.15, 0.2) is 24.3 Å². The molecule has 1 aromatic rings. The summed E-state index contributed by atoms with van der Waals surface area (Å²) in [7, 11) is 0. The standard InChI is InChI=1S/C10H12F3N/c1-8-2-4-9(5-3-8)6-14-7-10(11,12)13/h2-5,14H,6-7H2,1H3. The molecule has 0 saturated carbocycles. The fraction of sp³-hybridized carbons (Fsp3) is 0.400. The molecule has 1 aromatic carbocycles. The van der Waals surface area contributed by atoms with Crippen LogP contribution in [0.25, 0.3) is 0 Å². The fourth-order valence-corrected chi connectivity index (χ4v) is 1.05. The van der Waals surface area contributed by atoms with Crippen LogP contribution in [0.2, 0.25) is 0 Å². The molecule has 78 valence electrons. The summed E-state index contributed by atoms with van der Waals surface area (Å²) in [6, 6.07) is 7.40. The van der Waals surface area contributed by atoms with Gasteiger partial charge in [-0.2, -0.15) is 13.2 Å². The molecule has 0 heterocycles. The summed E-state index contributed by atoms with van der Waals surface area (Å²) in [6.45, 7) is 1.24. The van der Waals surface area contributed by atoms with Crippen LogP contribution in [-0.2, 0) is 6.54 Å². The number of halogens is 3. The van der Waals surface area contributed by atoms with Crippen molar-refractivity contribution in [3.63, 3.8) is 0 Å². The molecule has 0 amide bonds. The Morgan fingerprint density at radius 3 is 2.21 bits per heavy atom. The molecule has 1 nitrogen and oxygen atoms in total. The van der Waals surface area contributed by atoms with Crippen LogP contribution in [0.4, 0.5) is 13.2 Å². The molecular formula is C10H12F3N. The lowest BCUT2D eigenvalue weighted by atomic mass is 10.1. The molecule has 4 heteroatoms. The molecular weight excluding hydrogens is 191 g/mol. The third kappa shape index (κ3) is 4.28. The van der Waals surface area contributed by atoms with Crippen LogP contribution in [0.1, 0.15) is 11.1 Å². The fourth-order valence-electron chi connectivity index (χ4n) is 1.05. The maximum atomic E-state index is 11.8. The molecule has 0 aliphatic heterocycles. The van der Waals surface area contributed by atoms with Crippen molar-refractivity contribution in [1.82, 2.24) is 5.32 Å². The van der Waals surface area contributed by atoms with Gasteiger partial charge in [-0.1, -0.05) is 29.8 Å². The van der Waals surface area contributed by atoms with Crippen molar-refractivity contribution in [2.75, 3.05) is 6.54 Å². The van der Waals surface area contributed by atoms with Crippen LogP contribution < -0.4 is 5.32 Å². The van der Waals surface area contributed by atoms with E-state index in [1.807, 2.05) is 31.2 Å². The molecule has 0 fully saturated rings. The SMILES string of the molecule is Cc1ccc(CNCC(F)(F)F)cc1. The van der Waals surface area contributed by atoms with Gasteiger partial charge < -0.3 is 5.32 Å². The summed E-state index contributed by atoms with van der Waals surface area (Å²) in [5.41, 5.74) is 1.96. The lowest BCUT2D eigenvalue weighted by Gasteiger charge is -2.08. The molecule has 0 aliphatic carbocycles. The van der Waals surface area contributed by atoms with Gasteiger partial charge in [-0.05, 0) is 12.5 Å². The zero-order valence-electron chi connectivity index (χ0n) is 7.86. The lowest BCUT2D eigenvalue weighted by molar-refractivity contribution is -0.125. The van der Waals surface area contributed by atoms with E-state index in [0.29, 0.717) is 0 Å². The van der Waals surface area contributed by atoms with Crippen LogP contribution >= 0.6 is 0 Å². The Morgan fingerprint density at radius 2 is 1.71 bits per heavy atom. The van der Waals surface area contributed by atoms with E-state index in [4.69, 9.17) is 0 Å². The number of alkyl halides is 3. The number of nitrogens with one attached hydrogen (secondary N) is 1. The Morgan fingerprint density at radius 1 is 1.14 bits per heavy atom. The Labute approximate surface area is 80.9 Å². The number of benzene rings is 1. The van der Waals surface area contributed by atoms with E-state index in [1.165, 1.54) is 0 Å². The van der Waals surface area contributed by atoms with Gasteiger partial charge >= 0.3 is 6.18 Å². The van der Waals surface area contributed by atoms with E-state index in [1.54, 1.807) is 0 Å². The third-order valence-corrected chi connectivity index (χ3v) is 1.78. The van der Waals surface area contributed by atoms with Crippen LogP contribution in [0.5, 0.6) is 0 Å². The van der Waals surface area contributed by atoms with Gasteiger partial charge in [0.25, 0.3) is 0 Å². The van der Waals surface area contributed by atoms with Crippen molar-refractivity contribution in [2.45, 2.75) is 19.6 Å². The minimum Gasteiger partial charge on any atom is -0.305 e. The zero-order valence-corrected chi connectivity index (χ0v) is 7.86. The summed E-state index contributed by atoms with van der Waals surface area (Å²) in [6.07, 6.45) is -4.13. The van der Waals surface area contributed by atoms with Crippen molar-refractivity contribution in [3.8, 4) is 0 Å². The highest BCUT2D eigenvalue weighted by Gasteiger charge is 2.25. The molecule has 0 atom stereocenters. The Hall–Kier alpha value is -1.03. The second kappa shape index (κ2) is 4.46. The number of hydrogen-bond acceptors (Lipinski definition) is 1. The second-order valence-electron chi connectivity index (χ2n) is 3.20. The topological polar surface area (TPSA) is 12.0 Å². The molecule has 1 rings (SSSR count). The summed E-state index contributed by atoms with van der Waals surface area (Å²) >= 11 is 0. The number of hydrogen-bond donors (Lipinski definition) is 1. The van der Waals surface area contributed by atoms with Crippen molar-refractivity contribution in [1.29, 1.82) is 0 Å². The van der Waals surface area contributed by atoms with Gasteiger partial charge in [0.1, 0.15) is 0 Å². The van der Waals surface area contributed by atoms with Gasteiger partial charge in [0, 0.05) is 6.54 Å². The van der Waals surface area contributed by atoms with E-state index >= 15 is 0 Å². The minimum absolute atomic E-state index is 0.250. The van der Waals surface area contributed by atoms with Gasteiger partial charge in [-0.15, -0.1) is 0 Å². The first-order valence-electron chi connectivity index (χ1n) is 4.30. The van der Waals surface area contributed by atoms with Crippen molar-refractivity contribution >= 4 is 0 Å². The number of aryl methyl sites for hydroxylation is 1. The average Bonchev–Trinajstić information content (AvgIpc) is 2.06. The average molecular weight is 203 g/mol. The molecule has 0 saturated heterocycles. The molecule has 1 N–H and O–H groups in total. The first kappa shape index (κ1) is 11.0. The minimum atomic E-state index is -4.13. The van der Waals surface area contributed by atoms with Crippen molar-refractivity contribution in [3.05, 3.63) is 35.4 Å². The van der Waals surface area contributed by atoms with E-state index in [2.05, 4.69) is 5.32 Å². The van der Waals surface area contributed by atoms with E-state index in [0.717, 1.165) is 11.1 Å². The first-order valence-corrected chi connectivity index (χ1v) is 4.30. The van der Waals surface area contributed by atoms with E-state index in [-0.39, 0.29) is 6.54 Å². The Balaban J connectivity index is 2.35. The first-order chi connectivity index (χ1) is 6.47. The monoisotopic (exact) mass is 203 g/mol. The highest BCUT2D eigenvalue weighted by atomic mass is 19.4. The van der Waals surface area contributed by atoms with Gasteiger partial charge in [0.15, 0.2) is 0 Å². The van der Waals surface area contributed by atoms with Crippen molar-refractivity contribution < 1.29 is 13.2 Å². The van der Waals surface area contributed by atoms with Crippen LogP contribution in [-0.4, -0.2) is 12.7 Å². The molecule has 0 spiro atoms. The summed E-state index contributed by atoms with van der Waals surface area (Å²) in [5.74, 6) is 0. The molecule has 0 aromatic heterocycles. The molecule has 0 bridgehead atoms. The predicted molar refractivity (Wildman–Crippen MR) is 48.9 cm³/mol. The van der Waals surface area contributed by atoms with Crippen LogP contribution in [0.3, 0.4) is 0 Å². The second-order valence-corrected chi connectivity index (χ2v) is 3.20. The van der Waals surface area contributed by atoms with Gasteiger partial charge in [-0.3, -0.25) is 0 Å². The quantitative estimate of drug-likeness (QED) is 0.796. The van der Waals surface area contributed by atoms with Crippen LogP contribution in [0, 0.1) is 6.92 Å². The highest BCUT2D eigenvalue weighted by Crippen LogP contribution is 2.12. The summed E-state index contributed by atoms with van der Waals surface area (Å²) < 4.78 is 35.3. The lowest BCUT2D eigenvalue weighted by Crippen LogP contribution is -2.28. The van der Waals surface area contributed by atoms with Gasteiger partial charge in [0.2, 0.25) is 0 Å².